The molecule has 8 heteroatoms. The van der Waals surface area contributed by atoms with E-state index < -0.39 is 30.3 Å². The van der Waals surface area contributed by atoms with Gasteiger partial charge in [0.15, 0.2) is 0 Å². The molecule has 26 heavy (non-hydrogen) atoms. The van der Waals surface area contributed by atoms with Crippen molar-refractivity contribution in [2.24, 2.45) is 11.8 Å². The van der Waals surface area contributed by atoms with Crippen LogP contribution in [0.3, 0.4) is 0 Å². The Hall–Kier alpha value is -1.74. The molecule has 142 valence electrons. The zero-order chi connectivity index (χ0) is 18.3. The third kappa shape index (κ3) is 3.07. The second-order valence-electron chi connectivity index (χ2n) is 7.41. The minimum absolute atomic E-state index is 0.253. The molecule has 2 amide bonds. The predicted octanol–water partition coefficient (Wildman–Crippen LogP) is -1.27. The molecule has 4 aliphatic rings. The van der Waals surface area contributed by atoms with Crippen molar-refractivity contribution in [2.45, 2.75) is 37.8 Å². The highest BCUT2D eigenvalue weighted by Crippen LogP contribution is 2.36. The Bertz CT molecular complexity index is 641. The van der Waals surface area contributed by atoms with Gasteiger partial charge in [-0.3, -0.25) is 19.8 Å². The minimum Gasteiger partial charge on any atom is -0.379 e. The summed E-state index contributed by atoms with van der Waals surface area (Å²) in [6.07, 6.45) is 5.61. The average molecular weight is 362 g/mol. The summed E-state index contributed by atoms with van der Waals surface area (Å²) in [6.45, 7) is 3.70. The number of nitrogens with zero attached hydrogens (tertiary/aromatic N) is 2. The zero-order valence-electron chi connectivity index (χ0n) is 14.7. The number of allylic oxidation sites excluding steroid dienone is 1. The zero-order valence-corrected chi connectivity index (χ0v) is 14.7. The summed E-state index contributed by atoms with van der Waals surface area (Å²) < 4.78 is 0. The fourth-order valence-corrected chi connectivity index (χ4v) is 4.35. The highest BCUT2D eigenvalue weighted by Gasteiger charge is 2.51. The Labute approximate surface area is 152 Å². The number of fused-ring (bicyclic) bond motifs is 1. The third-order valence-electron chi connectivity index (χ3n) is 5.76. The lowest BCUT2D eigenvalue weighted by Crippen LogP contribution is -2.58. The summed E-state index contributed by atoms with van der Waals surface area (Å²) in [6, 6.07) is -0.628. The van der Waals surface area contributed by atoms with E-state index >= 15 is 0 Å². The van der Waals surface area contributed by atoms with Gasteiger partial charge >= 0.3 is 0 Å². The van der Waals surface area contributed by atoms with Crippen LogP contribution in [-0.2, 0) is 9.59 Å². The summed E-state index contributed by atoms with van der Waals surface area (Å²) in [5.74, 6) is -1.50. The van der Waals surface area contributed by atoms with E-state index in [1.54, 1.807) is 0 Å². The van der Waals surface area contributed by atoms with Crippen molar-refractivity contribution in [3.8, 4) is 0 Å². The van der Waals surface area contributed by atoms with E-state index in [2.05, 4.69) is 15.5 Å². The Morgan fingerprint density at radius 2 is 1.85 bits per heavy atom. The molecule has 1 aliphatic carbocycles. The van der Waals surface area contributed by atoms with E-state index in [0.717, 1.165) is 38.3 Å². The standard InChI is InChI=1S/C18H26N4O4/c23-15-5-4-14(16(24)20-15)22-17(25)12-3-2-11(10-13(12)18(22)26)21-8-1-6-19-7-9-21/h2-3,10,12-16,19-20,23-24H,1,4-9H2. The van der Waals surface area contributed by atoms with Crippen molar-refractivity contribution in [1.82, 2.24) is 20.4 Å². The van der Waals surface area contributed by atoms with Crippen molar-refractivity contribution in [1.29, 1.82) is 0 Å². The van der Waals surface area contributed by atoms with E-state index in [0.29, 0.717) is 12.8 Å². The largest absolute Gasteiger partial charge is 0.379 e. The molecule has 5 unspecified atom stereocenters. The molecule has 3 heterocycles. The van der Waals surface area contributed by atoms with E-state index in [1.807, 2.05) is 18.2 Å². The van der Waals surface area contributed by atoms with Gasteiger partial charge in [-0.25, -0.2) is 0 Å². The van der Waals surface area contributed by atoms with Gasteiger partial charge < -0.3 is 20.4 Å². The number of imide groups is 1. The first kappa shape index (κ1) is 17.7. The smallest absolute Gasteiger partial charge is 0.237 e. The molecule has 0 aromatic carbocycles. The molecule has 0 aromatic heterocycles. The first-order valence-electron chi connectivity index (χ1n) is 9.41. The van der Waals surface area contributed by atoms with Crippen LogP contribution in [0.2, 0.25) is 0 Å². The number of carbonyl (C=O) groups is 2. The number of piperidine rings is 1. The van der Waals surface area contributed by atoms with Gasteiger partial charge in [-0.1, -0.05) is 6.08 Å². The van der Waals surface area contributed by atoms with Crippen LogP contribution in [0, 0.1) is 11.8 Å². The molecule has 0 spiro atoms. The first-order chi connectivity index (χ1) is 12.6. The Morgan fingerprint density at radius 1 is 1.04 bits per heavy atom. The van der Waals surface area contributed by atoms with E-state index in [9.17, 15) is 19.8 Å². The first-order valence-corrected chi connectivity index (χ1v) is 9.41. The van der Waals surface area contributed by atoms with Crippen LogP contribution in [0.5, 0.6) is 0 Å². The maximum absolute atomic E-state index is 13.0. The average Bonchev–Trinajstić information content (AvgIpc) is 2.82. The molecule has 0 aromatic rings. The van der Waals surface area contributed by atoms with E-state index in [4.69, 9.17) is 0 Å². The third-order valence-corrected chi connectivity index (χ3v) is 5.76. The highest BCUT2D eigenvalue weighted by molar-refractivity contribution is 6.07. The lowest BCUT2D eigenvalue weighted by molar-refractivity contribution is -0.149. The van der Waals surface area contributed by atoms with E-state index in [-0.39, 0.29) is 11.8 Å². The number of aliphatic hydroxyl groups excluding tert-OH is 2. The molecule has 5 atom stereocenters. The van der Waals surface area contributed by atoms with Crippen LogP contribution in [0.15, 0.2) is 23.9 Å². The Balaban J connectivity index is 1.54. The van der Waals surface area contributed by atoms with Gasteiger partial charge in [0.1, 0.15) is 12.5 Å². The number of likely N-dealkylation sites (tertiary alicyclic amines) is 1. The molecule has 3 saturated heterocycles. The minimum atomic E-state index is -1.10. The molecule has 0 radical (unpaired) electrons. The normalized spacial score (nSPS) is 38.2. The molecule has 0 bridgehead atoms. The molecule has 3 fully saturated rings. The van der Waals surface area contributed by atoms with Crippen LogP contribution in [0.1, 0.15) is 19.3 Å². The maximum Gasteiger partial charge on any atom is 0.237 e. The van der Waals surface area contributed by atoms with Gasteiger partial charge in [0.05, 0.1) is 17.9 Å². The SMILES string of the molecule is O=C1C2C=CC(N3CCCNCC3)=CC2C(=O)N1C1CCC(O)NC1O. The van der Waals surface area contributed by atoms with Crippen molar-refractivity contribution in [2.75, 3.05) is 26.2 Å². The molecule has 4 rings (SSSR count). The molecular weight excluding hydrogens is 336 g/mol. The van der Waals surface area contributed by atoms with Crippen LogP contribution in [0.4, 0.5) is 0 Å². The van der Waals surface area contributed by atoms with Crippen LogP contribution >= 0.6 is 0 Å². The molecular formula is C18H26N4O4. The lowest BCUT2D eigenvalue weighted by Gasteiger charge is -2.36. The molecule has 0 saturated carbocycles. The van der Waals surface area contributed by atoms with Gasteiger partial charge in [0.2, 0.25) is 11.8 Å². The second-order valence-corrected chi connectivity index (χ2v) is 7.41. The molecule has 3 aliphatic heterocycles. The predicted molar refractivity (Wildman–Crippen MR) is 93.3 cm³/mol. The lowest BCUT2D eigenvalue weighted by atomic mass is 9.89. The molecule has 8 nitrogen and oxygen atoms in total. The van der Waals surface area contributed by atoms with Crippen molar-refractivity contribution >= 4 is 11.8 Å². The number of carbonyl (C=O) groups excluding carboxylic acids is 2. The quantitative estimate of drug-likeness (QED) is 0.454. The van der Waals surface area contributed by atoms with Gasteiger partial charge in [0, 0.05) is 25.3 Å². The van der Waals surface area contributed by atoms with E-state index in [1.165, 1.54) is 4.90 Å². The Kier molecular flexibility index (Phi) is 4.83. The van der Waals surface area contributed by atoms with Crippen molar-refractivity contribution < 1.29 is 19.8 Å². The summed E-state index contributed by atoms with van der Waals surface area (Å²) in [5, 5.41) is 25.8. The number of rotatable bonds is 2. The maximum atomic E-state index is 13.0. The fourth-order valence-electron chi connectivity index (χ4n) is 4.35. The monoisotopic (exact) mass is 362 g/mol. The Morgan fingerprint density at radius 3 is 2.65 bits per heavy atom. The summed E-state index contributed by atoms with van der Waals surface area (Å²) in [7, 11) is 0. The van der Waals surface area contributed by atoms with Crippen LogP contribution in [0.25, 0.3) is 0 Å². The van der Waals surface area contributed by atoms with Gasteiger partial charge in [0.25, 0.3) is 0 Å². The van der Waals surface area contributed by atoms with Gasteiger partial charge in [-0.15, -0.1) is 0 Å². The second kappa shape index (κ2) is 7.11. The highest BCUT2D eigenvalue weighted by atomic mass is 16.3. The fraction of sp³-hybridized carbons (Fsp3) is 0.667. The summed E-state index contributed by atoms with van der Waals surface area (Å²) in [4.78, 5) is 29.2. The topological polar surface area (TPSA) is 105 Å². The van der Waals surface area contributed by atoms with Crippen LogP contribution in [-0.4, -0.2) is 76.5 Å². The summed E-state index contributed by atoms with van der Waals surface area (Å²) >= 11 is 0. The number of aliphatic hydroxyl groups is 2. The van der Waals surface area contributed by atoms with Crippen LogP contribution < -0.4 is 10.6 Å². The number of nitrogens with one attached hydrogen (secondary N) is 2. The molecule has 4 N–H and O–H groups in total. The van der Waals surface area contributed by atoms with Crippen molar-refractivity contribution in [3.63, 3.8) is 0 Å². The summed E-state index contributed by atoms with van der Waals surface area (Å²) in [5.41, 5.74) is 0.996. The van der Waals surface area contributed by atoms with Gasteiger partial charge in [-0.2, -0.15) is 0 Å². The van der Waals surface area contributed by atoms with Gasteiger partial charge in [-0.05, 0) is 38.0 Å². The number of hydrogen-bond donors (Lipinski definition) is 4. The number of amides is 2. The van der Waals surface area contributed by atoms with Crippen molar-refractivity contribution in [3.05, 3.63) is 23.9 Å². The number of hydrogen-bond acceptors (Lipinski definition) is 7.